The summed E-state index contributed by atoms with van der Waals surface area (Å²) in [6, 6.07) is 12.7. The Kier molecular flexibility index (Phi) is 5.32. The largest absolute Gasteiger partial charge is 0.495 e. The molecule has 1 aliphatic rings. The first-order valence-corrected chi connectivity index (χ1v) is 9.80. The van der Waals surface area contributed by atoms with Crippen LogP contribution in [-0.4, -0.2) is 39.5 Å². The molecule has 1 fully saturated rings. The summed E-state index contributed by atoms with van der Waals surface area (Å²) in [6.45, 7) is 1.50. The second-order valence-corrected chi connectivity index (χ2v) is 7.64. The third kappa shape index (κ3) is 4.08. The molecule has 0 bridgehead atoms. The minimum absolute atomic E-state index is 0.0996. The fourth-order valence-electron chi connectivity index (χ4n) is 2.77. The van der Waals surface area contributed by atoms with Gasteiger partial charge in [0.1, 0.15) is 5.75 Å². The molecule has 7 nitrogen and oxygen atoms in total. The fraction of sp³-hybridized carbons (Fsp3) is 0.278. The van der Waals surface area contributed by atoms with Crippen LogP contribution in [0.4, 0.5) is 16.2 Å². The van der Waals surface area contributed by atoms with Gasteiger partial charge in [0.05, 0.1) is 17.7 Å². The number of carbonyl (C=O) groups is 1. The van der Waals surface area contributed by atoms with Crippen LogP contribution in [0, 0.1) is 0 Å². The van der Waals surface area contributed by atoms with Crippen LogP contribution >= 0.6 is 0 Å². The summed E-state index contributed by atoms with van der Waals surface area (Å²) in [7, 11) is -2.28. The number of anilines is 2. The Morgan fingerprint density at radius 1 is 1.04 bits per heavy atom. The van der Waals surface area contributed by atoms with Crippen molar-refractivity contribution in [1.29, 1.82) is 0 Å². The number of hydrogen-bond donors (Lipinski definition) is 2. The van der Waals surface area contributed by atoms with E-state index in [1.54, 1.807) is 41.3 Å². The van der Waals surface area contributed by atoms with Gasteiger partial charge in [0.2, 0.25) is 0 Å². The molecule has 2 N–H and O–H groups in total. The highest BCUT2D eigenvalue weighted by atomic mass is 32.2. The van der Waals surface area contributed by atoms with Crippen LogP contribution in [0.5, 0.6) is 5.75 Å². The monoisotopic (exact) mass is 375 g/mol. The van der Waals surface area contributed by atoms with Crippen LogP contribution in [0.15, 0.2) is 53.4 Å². The fourth-order valence-corrected chi connectivity index (χ4v) is 3.84. The first-order valence-electron chi connectivity index (χ1n) is 8.31. The standard InChI is InChI=1S/C18H21N3O4S/c1-25-17-7-3-2-6-16(17)20-26(23,24)15-10-8-14(9-11-15)19-18(22)21-12-4-5-13-21/h2-3,6-11,20H,4-5,12-13H2,1H3,(H,19,22). The summed E-state index contributed by atoms with van der Waals surface area (Å²) in [6.07, 6.45) is 2.03. The minimum atomic E-state index is -3.76. The third-order valence-corrected chi connectivity index (χ3v) is 5.54. The van der Waals surface area contributed by atoms with E-state index in [-0.39, 0.29) is 10.9 Å². The summed E-state index contributed by atoms with van der Waals surface area (Å²) in [5.74, 6) is 0.436. The number of ether oxygens (including phenoxy) is 1. The van der Waals surface area contributed by atoms with Crippen LogP contribution in [-0.2, 0) is 10.0 Å². The molecule has 0 aliphatic carbocycles. The summed E-state index contributed by atoms with van der Waals surface area (Å²) in [5.41, 5.74) is 0.916. The molecule has 8 heteroatoms. The number of methoxy groups -OCH3 is 1. The van der Waals surface area contributed by atoms with E-state index in [1.165, 1.54) is 19.2 Å². The SMILES string of the molecule is COc1ccccc1NS(=O)(=O)c1ccc(NC(=O)N2CCCC2)cc1. The number of likely N-dealkylation sites (tertiary alicyclic amines) is 1. The molecule has 0 unspecified atom stereocenters. The number of rotatable bonds is 5. The summed E-state index contributed by atoms with van der Waals surface area (Å²) < 4.78 is 32.8. The van der Waals surface area contributed by atoms with Crippen LogP contribution in [0.3, 0.4) is 0 Å². The van der Waals surface area contributed by atoms with Gasteiger partial charge in [0.25, 0.3) is 10.0 Å². The second-order valence-electron chi connectivity index (χ2n) is 5.95. The quantitative estimate of drug-likeness (QED) is 0.840. The van der Waals surface area contributed by atoms with Crippen molar-refractivity contribution < 1.29 is 17.9 Å². The smallest absolute Gasteiger partial charge is 0.321 e. The van der Waals surface area contributed by atoms with Crippen LogP contribution in [0.1, 0.15) is 12.8 Å². The van der Waals surface area contributed by atoms with Crippen molar-refractivity contribution in [2.45, 2.75) is 17.7 Å². The molecule has 2 aromatic carbocycles. The molecule has 0 aromatic heterocycles. The molecule has 0 atom stereocenters. The average Bonchev–Trinajstić information content (AvgIpc) is 3.17. The van der Waals surface area contributed by atoms with E-state index in [0.29, 0.717) is 17.1 Å². The highest BCUT2D eigenvalue weighted by Crippen LogP contribution is 2.26. The zero-order chi connectivity index (χ0) is 18.6. The predicted molar refractivity (Wildman–Crippen MR) is 100 cm³/mol. The number of carbonyl (C=O) groups excluding carboxylic acids is 1. The molecular formula is C18H21N3O4S. The number of hydrogen-bond acceptors (Lipinski definition) is 4. The van der Waals surface area contributed by atoms with Gasteiger partial charge in [-0.2, -0.15) is 0 Å². The van der Waals surface area contributed by atoms with E-state index in [0.717, 1.165) is 25.9 Å². The lowest BCUT2D eigenvalue weighted by atomic mass is 10.3. The Hall–Kier alpha value is -2.74. The summed E-state index contributed by atoms with van der Waals surface area (Å²) >= 11 is 0. The first-order chi connectivity index (χ1) is 12.5. The maximum atomic E-state index is 12.6. The molecule has 138 valence electrons. The number of nitrogens with zero attached hydrogens (tertiary/aromatic N) is 1. The van der Waals surface area contributed by atoms with Crippen LogP contribution < -0.4 is 14.8 Å². The van der Waals surface area contributed by atoms with Gasteiger partial charge in [-0.25, -0.2) is 13.2 Å². The number of nitrogens with one attached hydrogen (secondary N) is 2. The third-order valence-electron chi connectivity index (χ3n) is 4.16. The molecular weight excluding hydrogens is 354 g/mol. The molecule has 1 saturated heterocycles. The molecule has 26 heavy (non-hydrogen) atoms. The Morgan fingerprint density at radius 3 is 2.35 bits per heavy atom. The van der Waals surface area contributed by atoms with Crippen molar-refractivity contribution in [3.63, 3.8) is 0 Å². The van der Waals surface area contributed by atoms with E-state index >= 15 is 0 Å². The van der Waals surface area contributed by atoms with Crippen molar-refractivity contribution in [2.24, 2.45) is 0 Å². The van der Waals surface area contributed by atoms with Crippen molar-refractivity contribution in [1.82, 2.24) is 4.90 Å². The highest BCUT2D eigenvalue weighted by molar-refractivity contribution is 7.92. The molecule has 0 radical (unpaired) electrons. The number of benzene rings is 2. The average molecular weight is 375 g/mol. The molecule has 2 aromatic rings. The zero-order valence-corrected chi connectivity index (χ0v) is 15.3. The van der Waals surface area contributed by atoms with Crippen molar-refractivity contribution in [3.05, 3.63) is 48.5 Å². The van der Waals surface area contributed by atoms with Crippen molar-refractivity contribution in [2.75, 3.05) is 30.2 Å². The molecule has 0 saturated carbocycles. The topological polar surface area (TPSA) is 87.7 Å². The minimum Gasteiger partial charge on any atom is -0.495 e. The molecule has 1 aliphatic heterocycles. The van der Waals surface area contributed by atoms with Gasteiger partial charge in [-0.15, -0.1) is 0 Å². The predicted octanol–water partition coefficient (Wildman–Crippen LogP) is 3.12. The lowest BCUT2D eigenvalue weighted by Crippen LogP contribution is -2.32. The number of urea groups is 1. The lowest BCUT2D eigenvalue weighted by Gasteiger charge is -2.16. The van der Waals surface area contributed by atoms with Gasteiger partial charge in [0.15, 0.2) is 0 Å². The van der Waals surface area contributed by atoms with Gasteiger partial charge in [0, 0.05) is 18.8 Å². The number of amides is 2. The van der Waals surface area contributed by atoms with E-state index in [2.05, 4.69) is 10.0 Å². The van der Waals surface area contributed by atoms with Gasteiger partial charge in [-0.05, 0) is 49.2 Å². The van der Waals surface area contributed by atoms with Crippen molar-refractivity contribution in [3.8, 4) is 5.75 Å². The van der Waals surface area contributed by atoms with E-state index in [4.69, 9.17) is 4.74 Å². The first kappa shape index (κ1) is 18.1. The van der Waals surface area contributed by atoms with Crippen molar-refractivity contribution >= 4 is 27.4 Å². The Bertz CT molecular complexity index is 876. The summed E-state index contributed by atoms with van der Waals surface area (Å²) in [5, 5.41) is 2.78. The number of para-hydroxylation sites is 2. The maximum Gasteiger partial charge on any atom is 0.321 e. The normalized spacial score (nSPS) is 14.1. The Balaban J connectivity index is 1.71. The van der Waals surface area contributed by atoms with Gasteiger partial charge in [-0.1, -0.05) is 12.1 Å². The molecule has 1 heterocycles. The van der Waals surface area contributed by atoms with Gasteiger partial charge >= 0.3 is 6.03 Å². The van der Waals surface area contributed by atoms with E-state index in [1.807, 2.05) is 0 Å². The van der Waals surface area contributed by atoms with E-state index < -0.39 is 10.0 Å². The molecule has 2 amide bonds. The zero-order valence-electron chi connectivity index (χ0n) is 14.4. The van der Waals surface area contributed by atoms with Crippen LogP contribution in [0.2, 0.25) is 0 Å². The Morgan fingerprint density at radius 2 is 1.69 bits per heavy atom. The van der Waals surface area contributed by atoms with Gasteiger partial charge < -0.3 is 15.0 Å². The molecule has 3 rings (SSSR count). The number of sulfonamides is 1. The highest BCUT2D eigenvalue weighted by Gasteiger charge is 2.19. The lowest BCUT2D eigenvalue weighted by molar-refractivity contribution is 0.222. The molecule has 0 spiro atoms. The van der Waals surface area contributed by atoms with Gasteiger partial charge in [-0.3, -0.25) is 4.72 Å². The van der Waals surface area contributed by atoms with Crippen LogP contribution in [0.25, 0.3) is 0 Å². The Labute approximate surface area is 153 Å². The second kappa shape index (κ2) is 7.65. The summed E-state index contributed by atoms with van der Waals surface area (Å²) in [4.78, 5) is 13.9. The maximum absolute atomic E-state index is 12.6. The van der Waals surface area contributed by atoms with E-state index in [9.17, 15) is 13.2 Å².